The molecule has 0 aliphatic carbocycles. The van der Waals surface area contributed by atoms with Crippen molar-refractivity contribution in [2.24, 2.45) is 4.99 Å². The fraction of sp³-hybridized carbons (Fsp3) is 0.852. The first-order valence-electron chi connectivity index (χ1n) is 13.4. The minimum atomic E-state index is 0.0674. The highest BCUT2D eigenvalue weighted by molar-refractivity contribution is 5.72. The summed E-state index contributed by atoms with van der Waals surface area (Å²) in [6, 6.07) is 0. The quantitative estimate of drug-likeness (QED) is 0.128. The Morgan fingerprint density at radius 2 is 1.52 bits per heavy atom. The van der Waals surface area contributed by atoms with E-state index >= 15 is 0 Å². The van der Waals surface area contributed by atoms with Crippen LogP contribution < -0.4 is 5.32 Å². The number of carbonyl (C=O) groups excluding carboxylic acids is 1. The van der Waals surface area contributed by atoms with E-state index in [0.29, 0.717) is 6.17 Å². The molecule has 1 amide bonds. The van der Waals surface area contributed by atoms with Gasteiger partial charge >= 0.3 is 0 Å². The number of rotatable bonds is 20. The Balaban J connectivity index is 1.99. The molecule has 0 radical (unpaired) electrons. The minimum absolute atomic E-state index is 0.0674. The predicted octanol–water partition coefficient (Wildman–Crippen LogP) is 6.80. The van der Waals surface area contributed by atoms with Crippen LogP contribution in [0.1, 0.15) is 117 Å². The van der Waals surface area contributed by atoms with Crippen molar-refractivity contribution in [3.8, 4) is 0 Å². The van der Waals surface area contributed by atoms with Gasteiger partial charge in [0, 0.05) is 13.3 Å². The Morgan fingerprint density at radius 3 is 2.10 bits per heavy atom. The molecule has 0 aromatic heterocycles. The van der Waals surface area contributed by atoms with Gasteiger partial charge in [-0.2, -0.15) is 0 Å². The zero-order chi connectivity index (χ0) is 22.6. The zero-order valence-electron chi connectivity index (χ0n) is 21.0. The molecule has 0 bridgehead atoms. The van der Waals surface area contributed by atoms with Crippen molar-refractivity contribution in [3.63, 3.8) is 0 Å². The van der Waals surface area contributed by atoms with Crippen LogP contribution in [0.3, 0.4) is 0 Å². The monoisotopic (exact) mass is 434 g/mol. The molecule has 1 aliphatic rings. The van der Waals surface area contributed by atoms with Crippen molar-refractivity contribution in [2.45, 2.75) is 123 Å². The van der Waals surface area contributed by atoms with E-state index in [9.17, 15) is 4.79 Å². The molecule has 180 valence electrons. The van der Waals surface area contributed by atoms with Gasteiger partial charge in [-0.3, -0.25) is 9.28 Å². The molecule has 0 fully saturated rings. The summed E-state index contributed by atoms with van der Waals surface area (Å²) < 4.78 is 1.02. The SMILES string of the molecule is CCCCCCCCCC/C=C/CCCCCCC1N=CC[N+]1(CC)CCNC(C)=O. The maximum Gasteiger partial charge on any atom is 0.217 e. The number of carbonyl (C=O) groups is 1. The van der Waals surface area contributed by atoms with Gasteiger partial charge in [-0.1, -0.05) is 76.9 Å². The average molecular weight is 435 g/mol. The molecule has 4 nitrogen and oxygen atoms in total. The molecule has 0 aromatic rings. The number of aliphatic imine (C=N–C) groups is 1. The van der Waals surface area contributed by atoms with Crippen molar-refractivity contribution in [2.75, 3.05) is 26.2 Å². The number of unbranched alkanes of at least 4 members (excludes halogenated alkanes) is 12. The summed E-state index contributed by atoms with van der Waals surface area (Å²) in [6.45, 7) is 10.00. The second-order valence-electron chi connectivity index (χ2n) is 9.46. The van der Waals surface area contributed by atoms with Crippen molar-refractivity contribution in [3.05, 3.63) is 12.2 Å². The molecule has 1 heterocycles. The van der Waals surface area contributed by atoms with Crippen LogP contribution in [0.5, 0.6) is 0 Å². The van der Waals surface area contributed by atoms with E-state index in [4.69, 9.17) is 4.99 Å². The highest BCUT2D eigenvalue weighted by Gasteiger charge is 2.37. The van der Waals surface area contributed by atoms with Crippen molar-refractivity contribution in [1.29, 1.82) is 0 Å². The van der Waals surface area contributed by atoms with Crippen LogP contribution in [-0.2, 0) is 4.79 Å². The zero-order valence-corrected chi connectivity index (χ0v) is 21.0. The highest BCUT2D eigenvalue weighted by Crippen LogP contribution is 2.24. The summed E-state index contributed by atoms with van der Waals surface area (Å²) >= 11 is 0. The maximum atomic E-state index is 11.2. The number of hydrogen-bond donors (Lipinski definition) is 1. The summed E-state index contributed by atoms with van der Waals surface area (Å²) in [6.07, 6.45) is 27.5. The fourth-order valence-electron chi connectivity index (χ4n) is 4.71. The Bertz CT molecular complexity index is 503. The maximum absolute atomic E-state index is 11.2. The number of likely N-dealkylation sites (N-methyl/N-ethyl adjacent to an activating group) is 1. The van der Waals surface area contributed by atoms with E-state index in [1.807, 2.05) is 0 Å². The molecule has 2 unspecified atom stereocenters. The summed E-state index contributed by atoms with van der Waals surface area (Å²) in [4.78, 5) is 16.0. The topological polar surface area (TPSA) is 41.5 Å². The molecule has 1 aliphatic heterocycles. The first-order valence-corrected chi connectivity index (χ1v) is 13.4. The summed E-state index contributed by atoms with van der Waals surface area (Å²) in [5, 5.41) is 2.96. The van der Waals surface area contributed by atoms with E-state index < -0.39 is 0 Å². The lowest BCUT2D eigenvalue weighted by molar-refractivity contribution is -0.935. The molecule has 0 spiro atoms. The molecule has 0 saturated heterocycles. The molecule has 0 saturated carbocycles. The highest BCUT2D eigenvalue weighted by atomic mass is 16.1. The second kappa shape index (κ2) is 18.4. The third-order valence-electron chi connectivity index (χ3n) is 6.89. The van der Waals surface area contributed by atoms with Crippen LogP contribution >= 0.6 is 0 Å². The van der Waals surface area contributed by atoms with E-state index in [1.165, 1.54) is 96.3 Å². The molecule has 2 atom stereocenters. The largest absolute Gasteiger partial charge is 0.351 e. The Kier molecular flexibility index (Phi) is 16.6. The number of hydrogen-bond acceptors (Lipinski definition) is 2. The van der Waals surface area contributed by atoms with Gasteiger partial charge in [-0.15, -0.1) is 0 Å². The van der Waals surface area contributed by atoms with Gasteiger partial charge in [0.15, 0.2) is 6.17 Å². The summed E-state index contributed by atoms with van der Waals surface area (Å²) in [5.74, 6) is 0.0674. The minimum Gasteiger partial charge on any atom is -0.351 e. The van der Waals surface area contributed by atoms with Crippen LogP contribution in [0.15, 0.2) is 17.1 Å². The van der Waals surface area contributed by atoms with Gasteiger partial charge in [-0.25, -0.2) is 4.99 Å². The molecule has 0 aromatic carbocycles. The van der Waals surface area contributed by atoms with Crippen LogP contribution in [0.4, 0.5) is 0 Å². The third kappa shape index (κ3) is 13.1. The number of allylic oxidation sites excluding steroid dienone is 2. The number of amides is 1. The molecule has 4 heteroatoms. The van der Waals surface area contributed by atoms with Gasteiger partial charge < -0.3 is 5.32 Å². The van der Waals surface area contributed by atoms with Crippen molar-refractivity contribution >= 4 is 12.1 Å². The summed E-state index contributed by atoms with van der Waals surface area (Å²) in [5.41, 5.74) is 0. The van der Waals surface area contributed by atoms with E-state index in [2.05, 4.69) is 37.5 Å². The lowest BCUT2D eigenvalue weighted by Gasteiger charge is -2.38. The smallest absolute Gasteiger partial charge is 0.217 e. The van der Waals surface area contributed by atoms with Crippen LogP contribution in [-0.4, -0.2) is 48.9 Å². The van der Waals surface area contributed by atoms with Crippen LogP contribution in [0, 0.1) is 0 Å². The Labute approximate surface area is 193 Å². The van der Waals surface area contributed by atoms with E-state index in [-0.39, 0.29) is 5.91 Å². The van der Waals surface area contributed by atoms with Gasteiger partial charge in [0.1, 0.15) is 6.54 Å². The number of quaternary nitrogens is 1. The molecular formula is C27H52N3O+. The van der Waals surface area contributed by atoms with E-state index in [1.54, 1.807) is 6.92 Å². The number of nitrogens with zero attached hydrogens (tertiary/aromatic N) is 2. The van der Waals surface area contributed by atoms with E-state index in [0.717, 1.165) is 30.7 Å². The molecule has 1 rings (SSSR count). The lowest BCUT2D eigenvalue weighted by Crippen LogP contribution is -2.55. The van der Waals surface area contributed by atoms with Gasteiger partial charge in [0.25, 0.3) is 0 Å². The fourth-order valence-corrected chi connectivity index (χ4v) is 4.71. The van der Waals surface area contributed by atoms with Crippen LogP contribution in [0.2, 0.25) is 0 Å². The van der Waals surface area contributed by atoms with Crippen molar-refractivity contribution in [1.82, 2.24) is 5.32 Å². The summed E-state index contributed by atoms with van der Waals surface area (Å²) in [7, 11) is 0. The van der Waals surface area contributed by atoms with Gasteiger partial charge in [0.2, 0.25) is 5.91 Å². The Hall–Kier alpha value is -1.16. The number of nitrogens with one attached hydrogen (secondary N) is 1. The lowest BCUT2D eigenvalue weighted by atomic mass is 10.1. The third-order valence-corrected chi connectivity index (χ3v) is 6.89. The average Bonchev–Trinajstić information content (AvgIpc) is 3.16. The molecule has 1 N–H and O–H groups in total. The second-order valence-corrected chi connectivity index (χ2v) is 9.46. The first kappa shape index (κ1) is 27.9. The molecule has 31 heavy (non-hydrogen) atoms. The molecular weight excluding hydrogens is 382 g/mol. The standard InChI is InChI=1S/C27H51N3O/c1-4-6-7-8-9-10-11-12-13-14-15-16-17-18-19-20-21-27-29-23-25-30(27,5-2)24-22-28-26(3)31/h14-15,23,27H,4-13,16-22,24-25H2,1-3H3/p+1/b15-14+. The Morgan fingerprint density at radius 1 is 0.935 bits per heavy atom. The first-order chi connectivity index (χ1) is 15.1. The van der Waals surface area contributed by atoms with Crippen molar-refractivity contribution < 1.29 is 9.28 Å². The predicted molar refractivity (Wildman–Crippen MR) is 136 cm³/mol. The van der Waals surface area contributed by atoms with Gasteiger partial charge in [0.05, 0.1) is 25.8 Å². The van der Waals surface area contributed by atoms with Crippen LogP contribution in [0.25, 0.3) is 0 Å². The normalized spacial score (nSPS) is 20.7. The van der Waals surface area contributed by atoms with Gasteiger partial charge in [-0.05, 0) is 39.0 Å².